The summed E-state index contributed by atoms with van der Waals surface area (Å²) in [6.07, 6.45) is 0.792. The molecule has 128 valence electrons. The molecule has 0 bridgehead atoms. The minimum Gasteiger partial charge on any atom is -0.477 e. The molecule has 3 rings (SSSR count). The van der Waals surface area contributed by atoms with E-state index in [1.165, 1.54) is 0 Å². The number of carboxylic acids is 1. The van der Waals surface area contributed by atoms with Crippen LogP contribution in [0.5, 0.6) is 0 Å². The Labute approximate surface area is 137 Å². The standard InChI is InChI=1S/C17H9F4NO3/c1-7-10(18)2-3-13(15(7)21)22-6-9(17(24)25)16(23)8-4-11(19)12(20)5-14(8)22/h2-6H,1H3,(H,24,25). The highest BCUT2D eigenvalue weighted by molar-refractivity contribution is 5.93. The van der Waals surface area contributed by atoms with Crippen LogP contribution < -0.4 is 5.43 Å². The Kier molecular flexibility index (Phi) is 3.82. The second kappa shape index (κ2) is 5.73. The summed E-state index contributed by atoms with van der Waals surface area (Å²) in [7, 11) is 0. The Morgan fingerprint density at radius 3 is 2.32 bits per heavy atom. The van der Waals surface area contributed by atoms with Gasteiger partial charge in [-0.15, -0.1) is 0 Å². The van der Waals surface area contributed by atoms with Gasteiger partial charge in [-0.1, -0.05) is 0 Å². The van der Waals surface area contributed by atoms with E-state index in [0.717, 1.165) is 29.8 Å². The van der Waals surface area contributed by atoms with Crippen molar-refractivity contribution in [3.63, 3.8) is 0 Å². The second-order valence-corrected chi connectivity index (χ2v) is 5.34. The quantitative estimate of drug-likeness (QED) is 0.719. The molecule has 0 fully saturated rings. The molecule has 2 aromatic carbocycles. The first-order valence-electron chi connectivity index (χ1n) is 6.95. The molecule has 0 aliphatic heterocycles. The first-order valence-corrected chi connectivity index (χ1v) is 6.95. The molecule has 0 amide bonds. The molecular formula is C17H9F4NO3. The number of aromatic nitrogens is 1. The molecule has 0 aliphatic carbocycles. The molecule has 0 spiro atoms. The van der Waals surface area contributed by atoms with Gasteiger partial charge in [-0.3, -0.25) is 4.79 Å². The Hall–Kier alpha value is -3.16. The maximum absolute atomic E-state index is 14.4. The average Bonchev–Trinajstić information content (AvgIpc) is 2.55. The molecule has 0 atom stereocenters. The molecule has 4 nitrogen and oxygen atoms in total. The number of pyridine rings is 1. The molecule has 1 heterocycles. The van der Waals surface area contributed by atoms with Crippen LogP contribution in [-0.4, -0.2) is 15.6 Å². The minimum absolute atomic E-state index is 0.251. The van der Waals surface area contributed by atoms with Gasteiger partial charge in [-0.2, -0.15) is 0 Å². The summed E-state index contributed by atoms with van der Waals surface area (Å²) in [6, 6.07) is 3.15. The van der Waals surface area contributed by atoms with E-state index in [0.29, 0.717) is 12.1 Å². The van der Waals surface area contributed by atoms with Crippen LogP contribution in [-0.2, 0) is 0 Å². The molecule has 0 saturated heterocycles. The van der Waals surface area contributed by atoms with Gasteiger partial charge in [0.05, 0.1) is 16.6 Å². The molecule has 8 heteroatoms. The molecule has 1 aromatic heterocycles. The van der Waals surface area contributed by atoms with Crippen molar-refractivity contribution in [1.29, 1.82) is 0 Å². The number of fused-ring (bicyclic) bond motifs is 1. The lowest BCUT2D eigenvalue weighted by Crippen LogP contribution is -2.19. The van der Waals surface area contributed by atoms with Crippen molar-refractivity contribution >= 4 is 16.9 Å². The van der Waals surface area contributed by atoms with Crippen molar-refractivity contribution in [3.8, 4) is 5.69 Å². The Balaban J connectivity index is 2.52. The van der Waals surface area contributed by atoms with E-state index < -0.39 is 45.6 Å². The topological polar surface area (TPSA) is 59.3 Å². The van der Waals surface area contributed by atoms with Gasteiger partial charge in [-0.25, -0.2) is 22.4 Å². The number of carboxylic acid groups (broad SMARTS) is 1. The third-order valence-corrected chi connectivity index (χ3v) is 3.84. The van der Waals surface area contributed by atoms with E-state index in [-0.39, 0.29) is 16.8 Å². The largest absolute Gasteiger partial charge is 0.477 e. The maximum atomic E-state index is 14.4. The highest BCUT2D eigenvalue weighted by Crippen LogP contribution is 2.25. The zero-order chi connectivity index (χ0) is 18.5. The Bertz CT molecular complexity index is 1110. The predicted molar refractivity (Wildman–Crippen MR) is 81.1 cm³/mol. The predicted octanol–water partition coefficient (Wildman–Crippen LogP) is 3.55. The number of hydrogen-bond donors (Lipinski definition) is 1. The third-order valence-electron chi connectivity index (χ3n) is 3.84. The lowest BCUT2D eigenvalue weighted by Gasteiger charge is -2.15. The zero-order valence-electron chi connectivity index (χ0n) is 12.6. The van der Waals surface area contributed by atoms with Crippen LogP contribution in [0.1, 0.15) is 15.9 Å². The maximum Gasteiger partial charge on any atom is 0.341 e. The smallest absolute Gasteiger partial charge is 0.341 e. The van der Waals surface area contributed by atoms with E-state index in [2.05, 4.69) is 0 Å². The molecule has 0 unspecified atom stereocenters. The van der Waals surface area contributed by atoms with Gasteiger partial charge in [0.15, 0.2) is 17.5 Å². The van der Waals surface area contributed by atoms with Gasteiger partial charge in [0.25, 0.3) is 0 Å². The fourth-order valence-corrected chi connectivity index (χ4v) is 2.50. The van der Waals surface area contributed by atoms with E-state index >= 15 is 0 Å². The van der Waals surface area contributed by atoms with Crippen molar-refractivity contribution in [1.82, 2.24) is 4.57 Å². The highest BCUT2D eigenvalue weighted by atomic mass is 19.2. The first-order chi connectivity index (χ1) is 11.7. The van der Waals surface area contributed by atoms with E-state index in [9.17, 15) is 27.2 Å². The summed E-state index contributed by atoms with van der Waals surface area (Å²) in [6.45, 7) is 1.16. The fourth-order valence-electron chi connectivity index (χ4n) is 2.50. The number of rotatable bonds is 2. The van der Waals surface area contributed by atoms with Crippen LogP contribution in [0.15, 0.2) is 35.3 Å². The molecule has 1 N–H and O–H groups in total. The molecule has 25 heavy (non-hydrogen) atoms. The molecule has 3 aromatic rings. The summed E-state index contributed by atoms with van der Waals surface area (Å²) in [5.41, 5.74) is -2.71. The second-order valence-electron chi connectivity index (χ2n) is 5.34. The van der Waals surface area contributed by atoms with Crippen LogP contribution in [0.25, 0.3) is 16.6 Å². The minimum atomic E-state index is -1.62. The Morgan fingerprint density at radius 2 is 1.68 bits per heavy atom. The average molecular weight is 351 g/mol. The summed E-state index contributed by atoms with van der Waals surface area (Å²) in [5.74, 6) is -6.13. The van der Waals surface area contributed by atoms with Gasteiger partial charge < -0.3 is 9.67 Å². The summed E-state index contributed by atoms with van der Waals surface area (Å²) in [4.78, 5) is 23.5. The van der Waals surface area contributed by atoms with Gasteiger partial charge in [0.2, 0.25) is 5.43 Å². The molecular weight excluding hydrogens is 342 g/mol. The lowest BCUT2D eigenvalue weighted by molar-refractivity contribution is 0.0695. The molecule has 0 aliphatic rings. The number of halogens is 4. The summed E-state index contributed by atoms with van der Waals surface area (Å²) in [5, 5.41) is 8.71. The summed E-state index contributed by atoms with van der Waals surface area (Å²) < 4.78 is 55.9. The van der Waals surface area contributed by atoms with E-state index in [1.807, 2.05) is 0 Å². The summed E-state index contributed by atoms with van der Waals surface area (Å²) >= 11 is 0. The molecule has 0 radical (unpaired) electrons. The first kappa shape index (κ1) is 16.7. The van der Waals surface area contributed by atoms with Crippen molar-refractivity contribution in [2.45, 2.75) is 6.92 Å². The van der Waals surface area contributed by atoms with Crippen LogP contribution in [0, 0.1) is 30.2 Å². The van der Waals surface area contributed by atoms with Crippen LogP contribution >= 0.6 is 0 Å². The highest BCUT2D eigenvalue weighted by Gasteiger charge is 2.20. The van der Waals surface area contributed by atoms with Gasteiger partial charge in [0.1, 0.15) is 11.4 Å². The number of aromatic carboxylic acids is 1. The van der Waals surface area contributed by atoms with Crippen LogP contribution in [0.4, 0.5) is 17.6 Å². The van der Waals surface area contributed by atoms with Crippen molar-refractivity contribution in [2.75, 3.05) is 0 Å². The number of carbonyl (C=O) groups is 1. The van der Waals surface area contributed by atoms with Gasteiger partial charge in [-0.05, 0) is 25.1 Å². The third kappa shape index (κ3) is 2.55. The van der Waals surface area contributed by atoms with Crippen molar-refractivity contribution in [2.24, 2.45) is 0 Å². The fraction of sp³-hybridized carbons (Fsp3) is 0.0588. The van der Waals surface area contributed by atoms with E-state index in [4.69, 9.17) is 5.11 Å². The zero-order valence-corrected chi connectivity index (χ0v) is 12.6. The monoisotopic (exact) mass is 351 g/mol. The van der Waals surface area contributed by atoms with E-state index in [1.54, 1.807) is 0 Å². The van der Waals surface area contributed by atoms with Gasteiger partial charge >= 0.3 is 5.97 Å². The number of hydrogen-bond acceptors (Lipinski definition) is 2. The Morgan fingerprint density at radius 1 is 1.04 bits per heavy atom. The van der Waals surface area contributed by atoms with Crippen LogP contribution in [0.3, 0.4) is 0 Å². The number of nitrogens with zero attached hydrogens (tertiary/aromatic N) is 1. The van der Waals surface area contributed by atoms with Crippen LogP contribution in [0.2, 0.25) is 0 Å². The van der Waals surface area contributed by atoms with Crippen molar-refractivity contribution in [3.05, 3.63) is 75.1 Å². The lowest BCUT2D eigenvalue weighted by atomic mass is 10.1. The molecule has 0 saturated carbocycles. The normalized spacial score (nSPS) is 11.1. The SMILES string of the molecule is Cc1c(F)ccc(-n2cc(C(=O)O)c(=O)c3cc(F)c(F)cc32)c1F. The van der Waals surface area contributed by atoms with Crippen molar-refractivity contribution < 1.29 is 27.5 Å². The number of benzene rings is 2. The van der Waals surface area contributed by atoms with Gasteiger partial charge in [0, 0.05) is 17.8 Å².